The van der Waals surface area contributed by atoms with Crippen LogP contribution in [0.5, 0.6) is 0 Å². The van der Waals surface area contributed by atoms with Crippen molar-refractivity contribution in [2.45, 2.75) is 107 Å². The summed E-state index contributed by atoms with van der Waals surface area (Å²) in [5.74, 6) is 0. The molecule has 0 fully saturated rings. The van der Waals surface area contributed by atoms with Gasteiger partial charge < -0.3 is 114 Å². The van der Waals surface area contributed by atoms with Gasteiger partial charge in [-0.15, -0.1) is 42.7 Å². The Labute approximate surface area is 349 Å². The molecule has 0 bridgehead atoms. The van der Waals surface area contributed by atoms with E-state index in [2.05, 4.69) is 55.4 Å². The van der Waals surface area contributed by atoms with Crippen LogP contribution in [0.3, 0.4) is 0 Å². The third kappa shape index (κ3) is 153. The maximum Gasteiger partial charge on any atom is 3.00 e. The molecule has 0 unspecified atom stereocenters. The summed E-state index contributed by atoms with van der Waals surface area (Å²) >= 11 is 0. The molecule has 0 heterocycles. The van der Waals surface area contributed by atoms with E-state index in [1.807, 2.05) is 0 Å². The first-order valence-electron chi connectivity index (χ1n) is 15.1. The van der Waals surface area contributed by atoms with Crippen LogP contribution in [0.2, 0.25) is 0 Å². The van der Waals surface area contributed by atoms with Gasteiger partial charge in [0.1, 0.15) is 0 Å². The molecule has 0 radical (unpaired) electrons. The van der Waals surface area contributed by atoms with Gasteiger partial charge in [-0.2, -0.15) is 0 Å². The average Bonchev–Trinajstić information content (AvgIpc) is 3.02. The summed E-state index contributed by atoms with van der Waals surface area (Å²) in [5, 5.41) is 72.0. The summed E-state index contributed by atoms with van der Waals surface area (Å²) < 4.78 is 2.75. The fourth-order valence-electron chi connectivity index (χ4n) is 5.14. The van der Waals surface area contributed by atoms with Gasteiger partial charge in [0.05, 0.1) is 52.4 Å². The molecular weight excluding hydrogens is 858 g/mol. The second kappa shape index (κ2) is 125. The van der Waals surface area contributed by atoms with E-state index in [0.29, 0.717) is 0 Å². The number of hydrogen-bond acceptors (Lipinski definition) is 28. The zero-order valence-electron chi connectivity index (χ0n) is 33.8. The molecule has 0 aliphatic heterocycles. The molecule has 0 spiro atoms. The molecule has 348 valence electrons. The van der Waals surface area contributed by atoms with Crippen molar-refractivity contribution < 1.29 is 42.5 Å². The van der Waals surface area contributed by atoms with Crippen molar-refractivity contribution in [1.29, 1.82) is 0 Å². The Kier molecular flexibility index (Phi) is 232. The average molecular weight is 927 g/mol. The molecule has 0 saturated carbocycles. The van der Waals surface area contributed by atoms with Crippen molar-refractivity contribution in [2.75, 3.05) is 52.4 Å². The third-order valence-electron chi connectivity index (χ3n) is 5.58. The van der Waals surface area contributed by atoms with E-state index in [0.717, 1.165) is 42.7 Å². The number of hydrogen-bond donors (Lipinski definition) is 4. The number of quaternary nitrogens is 2. The van der Waals surface area contributed by atoms with E-state index < -0.39 is 0 Å². The van der Waals surface area contributed by atoms with Crippen LogP contribution < -0.4 is 24.6 Å². The number of rotatable bonds is 16. The van der Waals surface area contributed by atoms with Gasteiger partial charge in [-0.25, -0.2) is 0 Å². The first-order chi connectivity index (χ1) is 23.8. The Bertz CT molecular complexity index is 510. The number of nitrogens with zero attached hydrogens (tertiary/aromatic N) is 10. The van der Waals surface area contributed by atoms with Gasteiger partial charge in [0.2, 0.25) is 0 Å². The SMILES string of the molecule is CCC[N+](CCC)(CCC)CCC.CCC[N+](CCC)(CCC)CCC.N.N.N.N.O=N[O-].O=N[O-].O=N[O-].O=N[O-].O=N[O-].O=N[O-].O=N[O-].O=N[O-].[Co+3].[Co+3]. The molecule has 30 nitrogen and oxygen atoms in total. The van der Waals surface area contributed by atoms with E-state index in [4.69, 9.17) is 80.9 Å². The van der Waals surface area contributed by atoms with E-state index in [1.54, 1.807) is 0 Å². The minimum atomic E-state index is 0. The van der Waals surface area contributed by atoms with Crippen molar-refractivity contribution >= 4 is 0 Å². The van der Waals surface area contributed by atoms with Gasteiger partial charge in [-0.1, -0.05) is 55.4 Å². The van der Waals surface area contributed by atoms with Gasteiger partial charge >= 0.3 is 33.6 Å². The summed E-state index contributed by atoms with van der Waals surface area (Å²) in [7, 11) is 0. The van der Waals surface area contributed by atoms with Crippen molar-refractivity contribution in [3.8, 4) is 0 Å². The van der Waals surface area contributed by atoms with Gasteiger partial charge in [0.15, 0.2) is 0 Å². The van der Waals surface area contributed by atoms with Gasteiger partial charge in [-0.3, -0.25) is 0 Å². The Morgan fingerprint density at radius 1 is 0.268 bits per heavy atom. The Hall–Kier alpha value is -4.03. The fraction of sp³-hybridized carbons (Fsp3) is 1.00. The largest absolute Gasteiger partial charge is 3.00 e. The predicted octanol–water partition coefficient (Wildman–Crippen LogP) is 9.53. The van der Waals surface area contributed by atoms with E-state index in [9.17, 15) is 0 Å². The standard InChI is InChI=1S/2C12H28N.2Co.8HNO2.4H3N/c2*1-5-9-13(10-6-2,11-7-3)12-8-4;;;8*2-1-3;;;;/h2*5-12H2,1-4H3;;;8*(H,2,3);4*1H3/q2*+1;2*+3;;;;;;;;;;;;/p-8. The van der Waals surface area contributed by atoms with Crippen LogP contribution in [-0.2, 0) is 33.6 Å². The molecule has 0 aromatic rings. The topological polar surface area (TPSA) is 560 Å². The molecule has 56 heavy (non-hydrogen) atoms. The molecule has 0 aromatic carbocycles. The van der Waals surface area contributed by atoms with Crippen LogP contribution in [-0.4, -0.2) is 61.3 Å². The summed E-state index contributed by atoms with van der Waals surface area (Å²) in [6.07, 6.45) is 10.7. The predicted molar refractivity (Wildman–Crippen MR) is 215 cm³/mol. The molecule has 0 aliphatic carbocycles. The maximum absolute atomic E-state index is 8.00. The van der Waals surface area contributed by atoms with E-state index in [-0.39, 0.29) is 58.2 Å². The summed E-state index contributed by atoms with van der Waals surface area (Å²) in [6.45, 7) is 29.6. The van der Waals surface area contributed by atoms with Gasteiger partial charge in [0.25, 0.3) is 0 Å². The van der Waals surface area contributed by atoms with Crippen LogP contribution in [0.15, 0.2) is 42.7 Å². The van der Waals surface area contributed by atoms with E-state index >= 15 is 0 Å². The second-order valence-electron chi connectivity index (χ2n) is 9.07. The molecule has 0 saturated heterocycles. The van der Waals surface area contributed by atoms with E-state index in [1.165, 1.54) is 113 Å². The van der Waals surface area contributed by atoms with Crippen molar-refractivity contribution in [3.05, 3.63) is 80.9 Å². The zero-order valence-corrected chi connectivity index (χ0v) is 35.9. The maximum atomic E-state index is 8.00. The first-order valence-corrected chi connectivity index (χ1v) is 15.1. The molecule has 32 heteroatoms. The Morgan fingerprint density at radius 3 is 0.357 bits per heavy atom. The van der Waals surface area contributed by atoms with Crippen LogP contribution in [0, 0.1) is 80.9 Å². The smallest absolute Gasteiger partial charge is 0.444 e. The third-order valence-corrected chi connectivity index (χ3v) is 5.58. The van der Waals surface area contributed by atoms with Crippen LogP contribution in [0.4, 0.5) is 0 Å². The van der Waals surface area contributed by atoms with Crippen LogP contribution in [0.1, 0.15) is 107 Å². The minimum absolute atomic E-state index is 0. The molecule has 0 amide bonds. The normalized spacial score (nSPS) is 7.29. The molecule has 0 aliphatic rings. The van der Waals surface area contributed by atoms with Crippen LogP contribution in [0.25, 0.3) is 0 Å². The minimum Gasteiger partial charge on any atom is -0.444 e. The van der Waals surface area contributed by atoms with Crippen molar-refractivity contribution in [3.63, 3.8) is 0 Å². The fourth-order valence-corrected chi connectivity index (χ4v) is 5.14. The van der Waals surface area contributed by atoms with Gasteiger partial charge in [-0.05, 0) is 51.4 Å². The van der Waals surface area contributed by atoms with Crippen molar-refractivity contribution in [1.82, 2.24) is 24.6 Å². The Balaban J connectivity index is -0.0000000246. The molecular formula is C24H68Co2N14O16. The Morgan fingerprint density at radius 2 is 0.321 bits per heavy atom. The second-order valence-corrected chi connectivity index (χ2v) is 9.07. The quantitative estimate of drug-likeness (QED) is 0.0635. The molecule has 12 N–H and O–H groups in total. The zero-order chi connectivity index (χ0) is 42.0. The summed E-state index contributed by atoms with van der Waals surface area (Å²) in [6, 6.07) is 0. The first kappa shape index (κ1) is 104. The van der Waals surface area contributed by atoms with Crippen LogP contribution >= 0.6 is 0 Å². The van der Waals surface area contributed by atoms with Gasteiger partial charge in [0, 0.05) is 0 Å². The summed E-state index contributed by atoms with van der Waals surface area (Å²) in [4.78, 5) is 64.0. The molecule has 0 rings (SSSR count). The monoisotopic (exact) mass is 926 g/mol. The summed E-state index contributed by atoms with van der Waals surface area (Å²) in [5.41, 5.74) is 0. The van der Waals surface area contributed by atoms with Crippen molar-refractivity contribution in [2.24, 2.45) is 42.7 Å². The molecule has 0 atom stereocenters. The molecule has 0 aromatic heterocycles.